The van der Waals surface area contributed by atoms with Gasteiger partial charge in [0.05, 0.1) is 0 Å². The van der Waals surface area contributed by atoms with Crippen LogP contribution in [-0.4, -0.2) is 5.84 Å². The number of rotatable bonds is 2. The number of amidine groups is 1. The lowest BCUT2D eigenvalue weighted by Gasteiger charge is -2.20. The van der Waals surface area contributed by atoms with Crippen LogP contribution in [0.5, 0.6) is 0 Å². The summed E-state index contributed by atoms with van der Waals surface area (Å²) >= 11 is 0. The van der Waals surface area contributed by atoms with Crippen LogP contribution in [0.3, 0.4) is 0 Å². The monoisotopic (exact) mass is 252 g/mol. The Morgan fingerprint density at radius 3 is 2.50 bits per heavy atom. The second kappa shape index (κ2) is 5.46. The van der Waals surface area contributed by atoms with Crippen molar-refractivity contribution in [3.63, 3.8) is 0 Å². The Kier molecular flexibility index (Phi) is 3.94. The Hall–Kier alpha value is -1.45. The van der Waals surface area contributed by atoms with Crippen molar-refractivity contribution in [1.29, 1.82) is 0 Å². The van der Waals surface area contributed by atoms with E-state index in [1.165, 1.54) is 13.3 Å². The standard InChI is InChI=1S/C14H18F2N2/c1-9-7-12(16)13(8-11(9)15)18-14(17)10-5-3-2-4-6-10/h7-8,10H,2-6H2,1H3,(H2,17,18). The van der Waals surface area contributed by atoms with Crippen LogP contribution in [0.15, 0.2) is 17.1 Å². The molecule has 0 heterocycles. The molecule has 2 rings (SSSR count). The van der Waals surface area contributed by atoms with Crippen LogP contribution < -0.4 is 5.73 Å². The van der Waals surface area contributed by atoms with E-state index < -0.39 is 11.6 Å². The SMILES string of the molecule is Cc1cc(F)c(N=C(N)C2CCCCC2)cc1F. The zero-order valence-electron chi connectivity index (χ0n) is 10.5. The van der Waals surface area contributed by atoms with Crippen molar-refractivity contribution in [3.8, 4) is 0 Å². The number of nitrogens with two attached hydrogens (primary N) is 1. The summed E-state index contributed by atoms with van der Waals surface area (Å²) in [6.07, 6.45) is 5.46. The van der Waals surface area contributed by atoms with E-state index >= 15 is 0 Å². The lowest BCUT2D eigenvalue weighted by atomic mass is 9.88. The number of halogens is 2. The summed E-state index contributed by atoms with van der Waals surface area (Å²) in [4.78, 5) is 4.06. The van der Waals surface area contributed by atoms with Gasteiger partial charge in [-0.15, -0.1) is 0 Å². The normalized spacial score (nSPS) is 18.1. The van der Waals surface area contributed by atoms with Gasteiger partial charge in [0.1, 0.15) is 23.2 Å². The van der Waals surface area contributed by atoms with Gasteiger partial charge in [0.2, 0.25) is 0 Å². The first-order valence-electron chi connectivity index (χ1n) is 6.37. The maximum absolute atomic E-state index is 13.6. The third-order valence-corrected chi connectivity index (χ3v) is 3.50. The molecule has 0 amide bonds. The number of aliphatic imine (C=N–C) groups is 1. The lowest BCUT2D eigenvalue weighted by Crippen LogP contribution is -2.25. The van der Waals surface area contributed by atoms with E-state index in [1.807, 2.05) is 0 Å². The van der Waals surface area contributed by atoms with E-state index in [4.69, 9.17) is 5.73 Å². The van der Waals surface area contributed by atoms with Crippen LogP contribution in [-0.2, 0) is 0 Å². The summed E-state index contributed by atoms with van der Waals surface area (Å²) in [6.45, 7) is 1.52. The predicted octanol–water partition coefficient (Wildman–Crippen LogP) is 3.84. The number of hydrogen-bond acceptors (Lipinski definition) is 1. The summed E-state index contributed by atoms with van der Waals surface area (Å²) in [5.74, 6) is -0.335. The van der Waals surface area contributed by atoms with Crippen LogP contribution in [0, 0.1) is 24.5 Å². The summed E-state index contributed by atoms with van der Waals surface area (Å²) in [7, 11) is 0. The Bertz CT molecular complexity index is 463. The molecule has 1 aromatic rings. The summed E-state index contributed by atoms with van der Waals surface area (Å²) in [5, 5.41) is 0. The van der Waals surface area contributed by atoms with Gasteiger partial charge in [0.15, 0.2) is 0 Å². The van der Waals surface area contributed by atoms with E-state index in [-0.39, 0.29) is 17.2 Å². The van der Waals surface area contributed by atoms with Crippen molar-refractivity contribution in [1.82, 2.24) is 0 Å². The van der Waals surface area contributed by atoms with Crippen LogP contribution in [0.4, 0.5) is 14.5 Å². The molecular weight excluding hydrogens is 234 g/mol. The number of nitrogens with zero attached hydrogens (tertiary/aromatic N) is 1. The molecule has 0 spiro atoms. The molecule has 0 radical (unpaired) electrons. The minimum Gasteiger partial charge on any atom is -0.387 e. The van der Waals surface area contributed by atoms with Crippen molar-refractivity contribution in [2.45, 2.75) is 39.0 Å². The average molecular weight is 252 g/mol. The van der Waals surface area contributed by atoms with Crippen molar-refractivity contribution in [2.75, 3.05) is 0 Å². The molecule has 1 aromatic carbocycles. The van der Waals surface area contributed by atoms with Gasteiger partial charge in [-0.25, -0.2) is 13.8 Å². The number of hydrogen-bond donors (Lipinski definition) is 1. The third-order valence-electron chi connectivity index (χ3n) is 3.50. The third kappa shape index (κ3) is 2.86. The number of aryl methyl sites for hydroxylation is 1. The molecule has 1 aliphatic rings. The smallest absolute Gasteiger partial charge is 0.149 e. The van der Waals surface area contributed by atoms with Gasteiger partial charge in [-0.2, -0.15) is 0 Å². The highest BCUT2D eigenvalue weighted by atomic mass is 19.1. The fourth-order valence-electron chi connectivity index (χ4n) is 2.35. The average Bonchev–Trinajstić information content (AvgIpc) is 2.37. The molecule has 2 N–H and O–H groups in total. The molecule has 0 unspecified atom stereocenters. The molecule has 0 bridgehead atoms. The van der Waals surface area contributed by atoms with Gasteiger partial charge in [-0.3, -0.25) is 0 Å². The molecular formula is C14H18F2N2. The fourth-order valence-corrected chi connectivity index (χ4v) is 2.35. The highest BCUT2D eigenvalue weighted by Crippen LogP contribution is 2.27. The van der Waals surface area contributed by atoms with Gasteiger partial charge in [-0.1, -0.05) is 19.3 Å². The maximum Gasteiger partial charge on any atom is 0.149 e. The van der Waals surface area contributed by atoms with Crippen LogP contribution in [0.1, 0.15) is 37.7 Å². The molecule has 98 valence electrons. The lowest BCUT2D eigenvalue weighted by molar-refractivity contribution is 0.437. The molecule has 1 aliphatic carbocycles. The van der Waals surface area contributed by atoms with Crippen LogP contribution in [0.25, 0.3) is 0 Å². The maximum atomic E-state index is 13.6. The molecule has 0 atom stereocenters. The minimum atomic E-state index is -0.521. The first-order valence-corrected chi connectivity index (χ1v) is 6.37. The quantitative estimate of drug-likeness (QED) is 0.630. The molecule has 18 heavy (non-hydrogen) atoms. The summed E-state index contributed by atoms with van der Waals surface area (Å²) < 4.78 is 27.0. The highest BCUT2D eigenvalue weighted by Gasteiger charge is 2.17. The largest absolute Gasteiger partial charge is 0.387 e. The predicted molar refractivity (Wildman–Crippen MR) is 69.0 cm³/mol. The first-order chi connectivity index (χ1) is 8.58. The van der Waals surface area contributed by atoms with Gasteiger partial charge < -0.3 is 5.73 Å². The van der Waals surface area contributed by atoms with E-state index in [0.29, 0.717) is 5.84 Å². The van der Waals surface area contributed by atoms with Crippen LogP contribution in [0.2, 0.25) is 0 Å². The molecule has 1 fully saturated rings. The van der Waals surface area contributed by atoms with E-state index in [1.54, 1.807) is 0 Å². The Morgan fingerprint density at radius 1 is 1.17 bits per heavy atom. The molecule has 4 heteroatoms. The summed E-state index contributed by atoms with van der Waals surface area (Å²) in [6, 6.07) is 2.27. The number of benzene rings is 1. The van der Waals surface area contributed by atoms with E-state index in [2.05, 4.69) is 4.99 Å². The molecule has 0 saturated heterocycles. The topological polar surface area (TPSA) is 38.4 Å². The summed E-state index contributed by atoms with van der Waals surface area (Å²) in [5.41, 5.74) is 6.18. The molecule has 2 nitrogen and oxygen atoms in total. The first kappa shape index (κ1) is 13.0. The zero-order valence-corrected chi connectivity index (χ0v) is 10.5. The Morgan fingerprint density at radius 2 is 1.83 bits per heavy atom. The minimum absolute atomic E-state index is 0.00109. The Labute approximate surface area is 106 Å². The Balaban J connectivity index is 2.23. The van der Waals surface area contributed by atoms with Crippen molar-refractivity contribution >= 4 is 11.5 Å². The van der Waals surface area contributed by atoms with Gasteiger partial charge >= 0.3 is 0 Å². The van der Waals surface area contributed by atoms with Gasteiger partial charge in [-0.05, 0) is 31.4 Å². The highest BCUT2D eigenvalue weighted by molar-refractivity contribution is 5.85. The van der Waals surface area contributed by atoms with Gasteiger partial charge in [0.25, 0.3) is 0 Å². The fraction of sp³-hybridized carbons (Fsp3) is 0.500. The van der Waals surface area contributed by atoms with Crippen molar-refractivity contribution < 1.29 is 8.78 Å². The van der Waals surface area contributed by atoms with Crippen molar-refractivity contribution in [3.05, 3.63) is 29.3 Å². The second-order valence-corrected chi connectivity index (χ2v) is 4.92. The molecule has 1 saturated carbocycles. The van der Waals surface area contributed by atoms with E-state index in [0.717, 1.165) is 37.8 Å². The van der Waals surface area contributed by atoms with Gasteiger partial charge in [0, 0.05) is 12.0 Å². The van der Waals surface area contributed by atoms with Crippen molar-refractivity contribution in [2.24, 2.45) is 16.6 Å². The molecule has 0 aliphatic heterocycles. The zero-order chi connectivity index (χ0) is 13.1. The molecule has 0 aromatic heterocycles. The van der Waals surface area contributed by atoms with Crippen LogP contribution >= 0.6 is 0 Å². The van der Waals surface area contributed by atoms with E-state index in [9.17, 15) is 8.78 Å². The second-order valence-electron chi connectivity index (χ2n) is 4.92.